The number of nitrogens with zero attached hydrogens (tertiary/aromatic N) is 4. The Balaban J connectivity index is 1.95. The molecule has 1 saturated heterocycles. The van der Waals surface area contributed by atoms with Gasteiger partial charge in [0, 0.05) is 23.7 Å². The molecule has 1 aromatic carbocycles. The lowest BCUT2D eigenvalue weighted by Gasteiger charge is -2.24. The number of amides is 1. The monoisotopic (exact) mass is 394 g/mol. The average molecular weight is 395 g/mol. The number of carbonyl (C=O) groups excluding carboxylic acids is 1. The Bertz CT molecular complexity index is 882. The molecule has 0 radical (unpaired) electrons. The van der Waals surface area contributed by atoms with E-state index in [4.69, 9.17) is 11.6 Å². The topological polar surface area (TPSA) is 122 Å². The van der Waals surface area contributed by atoms with Crippen molar-refractivity contribution in [1.82, 2.24) is 14.7 Å². The zero-order valence-corrected chi connectivity index (χ0v) is 15.3. The highest BCUT2D eigenvalue weighted by Gasteiger charge is 2.33. The summed E-state index contributed by atoms with van der Waals surface area (Å²) in [5.41, 5.74) is -0.403. The van der Waals surface area contributed by atoms with Crippen molar-refractivity contribution < 1.29 is 19.9 Å². The molecule has 27 heavy (non-hydrogen) atoms. The van der Waals surface area contributed by atoms with E-state index in [9.17, 15) is 25.1 Å². The Morgan fingerprint density at radius 1 is 1.52 bits per heavy atom. The number of rotatable bonds is 5. The molecule has 0 saturated carbocycles. The molecule has 0 unspecified atom stereocenters. The van der Waals surface area contributed by atoms with Gasteiger partial charge >= 0.3 is 0 Å². The normalized spacial score (nSPS) is 17.9. The SMILES string of the molecule is C[C@H](O)C[C@H]1CCCN1C(=O)c1nn(-c2cc(Cl)ccc2[N+](=O)[O-])cc1O. The van der Waals surface area contributed by atoms with E-state index in [1.54, 1.807) is 11.8 Å². The van der Waals surface area contributed by atoms with Crippen LogP contribution < -0.4 is 0 Å². The number of hydrogen-bond donors (Lipinski definition) is 2. The van der Waals surface area contributed by atoms with Crippen molar-refractivity contribution in [3.8, 4) is 11.4 Å². The Morgan fingerprint density at radius 3 is 2.93 bits per heavy atom. The number of halogens is 1. The smallest absolute Gasteiger partial charge is 0.294 e. The third-order valence-corrected chi connectivity index (χ3v) is 4.76. The maximum Gasteiger partial charge on any atom is 0.294 e. The highest BCUT2D eigenvalue weighted by molar-refractivity contribution is 6.30. The van der Waals surface area contributed by atoms with E-state index in [1.807, 2.05) is 0 Å². The number of hydrogen-bond acceptors (Lipinski definition) is 6. The average Bonchev–Trinajstić information content (AvgIpc) is 3.20. The Hall–Kier alpha value is -2.65. The molecule has 1 fully saturated rings. The van der Waals surface area contributed by atoms with E-state index < -0.39 is 16.9 Å². The third-order valence-electron chi connectivity index (χ3n) is 4.53. The van der Waals surface area contributed by atoms with Gasteiger partial charge in [0.1, 0.15) is 5.69 Å². The lowest BCUT2D eigenvalue weighted by molar-refractivity contribution is -0.384. The molecule has 2 N–H and O–H groups in total. The summed E-state index contributed by atoms with van der Waals surface area (Å²) in [5, 5.41) is 35.4. The molecule has 3 rings (SSSR count). The molecule has 0 spiro atoms. The summed E-state index contributed by atoms with van der Waals surface area (Å²) in [4.78, 5) is 25.1. The third kappa shape index (κ3) is 3.88. The van der Waals surface area contributed by atoms with Gasteiger partial charge in [-0.3, -0.25) is 14.9 Å². The molecule has 2 aromatic rings. The first kappa shape index (κ1) is 19.1. The predicted octanol–water partition coefficient (Wildman–Crippen LogP) is 2.52. The van der Waals surface area contributed by atoms with Gasteiger partial charge in [-0.2, -0.15) is 5.10 Å². The number of nitro groups is 1. The molecule has 144 valence electrons. The van der Waals surface area contributed by atoms with E-state index in [1.165, 1.54) is 18.2 Å². The molecular formula is C17H19ClN4O5. The van der Waals surface area contributed by atoms with Gasteiger partial charge in [0.25, 0.3) is 11.6 Å². The highest BCUT2D eigenvalue weighted by Crippen LogP contribution is 2.30. The van der Waals surface area contributed by atoms with Gasteiger partial charge < -0.3 is 15.1 Å². The van der Waals surface area contributed by atoms with Crippen LogP contribution in [0, 0.1) is 10.1 Å². The molecule has 2 atom stereocenters. The van der Waals surface area contributed by atoms with Crippen LogP contribution in [0.25, 0.3) is 5.69 Å². The van der Waals surface area contributed by atoms with Gasteiger partial charge in [-0.15, -0.1) is 0 Å². The van der Waals surface area contributed by atoms with Crippen LogP contribution in [0.5, 0.6) is 5.75 Å². The molecule has 1 aliphatic heterocycles. The van der Waals surface area contributed by atoms with Crippen molar-refractivity contribution in [2.45, 2.75) is 38.3 Å². The van der Waals surface area contributed by atoms with Crippen molar-refractivity contribution >= 4 is 23.2 Å². The first-order chi connectivity index (χ1) is 12.8. The molecule has 1 amide bonds. The van der Waals surface area contributed by atoms with E-state index in [-0.39, 0.29) is 33.9 Å². The van der Waals surface area contributed by atoms with Crippen molar-refractivity contribution in [2.24, 2.45) is 0 Å². The summed E-state index contributed by atoms with van der Waals surface area (Å²) >= 11 is 5.93. The van der Waals surface area contributed by atoms with Crippen LogP contribution >= 0.6 is 11.6 Å². The van der Waals surface area contributed by atoms with Gasteiger partial charge in [-0.1, -0.05) is 11.6 Å². The Morgan fingerprint density at radius 2 is 2.26 bits per heavy atom. The summed E-state index contributed by atoms with van der Waals surface area (Å²) < 4.78 is 1.08. The molecule has 0 bridgehead atoms. The largest absolute Gasteiger partial charge is 0.504 e. The zero-order chi connectivity index (χ0) is 19.7. The molecule has 1 aromatic heterocycles. The van der Waals surface area contributed by atoms with Gasteiger partial charge in [0.05, 0.1) is 17.2 Å². The number of aromatic nitrogens is 2. The fourth-order valence-corrected chi connectivity index (χ4v) is 3.52. The standard InChI is InChI=1S/C17H19ClN4O5/c1-10(23)7-12-3-2-6-20(12)17(25)16-15(24)9-21(19-16)14-8-11(18)4-5-13(14)22(26)27/h4-5,8-10,12,23-24H,2-3,6-7H2,1H3/t10-,12+/m0/s1. The van der Waals surface area contributed by atoms with Gasteiger partial charge in [0.2, 0.25) is 0 Å². The van der Waals surface area contributed by atoms with Gasteiger partial charge in [-0.25, -0.2) is 4.68 Å². The molecule has 1 aliphatic rings. The minimum Gasteiger partial charge on any atom is -0.504 e. The molecule has 9 nitrogen and oxygen atoms in total. The second-order valence-corrected chi connectivity index (χ2v) is 7.01. The van der Waals surface area contributed by atoms with Crippen LogP contribution in [0.3, 0.4) is 0 Å². The maximum absolute atomic E-state index is 12.8. The van der Waals surface area contributed by atoms with Crippen LogP contribution in [0.1, 0.15) is 36.7 Å². The van der Waals surface area contributed by atoms with Crippen molar-refractivity contribution in [3.05, 3.63) is 45.2 Å². The fourth-order valence-electron chi connectivity index (χ4n) is 3.35. The van der Waals surface area contributed by atoms with E-state index in [0.29, 0.717) is 13.0 Å². The summed E-state index contributed by atoms with van der Waals surface area (Å²) in [6.07, 6.45) is 2.59. The number of benzene rings is 1. The maximum atomic E-state index is 12.8. The quantitative estimate of drug-likeness (QED) is 0.593. The first-order valence-corrected chi connectivity index (χ1v) is 8.87. The van der Waals surface area contributed by atoms with Gasteiger partial charge in [0.15, 0.2) is 11.4 Å². The lowest BCUT2D eigenvalue weighted by Crippen LogP contribution is -2.37. The number of carbonyl (C=O) groups is 1. The fraction of sp³-hybridized carbons (Fsp3) is 0.412. The van der Waals surface area contributed by atoms with Crippen molar-refractivity contribution in [2.75, 3.05) is 6.54 Å². The zero-order valence-electron chi connectivity index (χ0n) is 14.6. The van der Waals surface area contributed by atoms with Gasteiger partial charge in [-0.05, 0) is 38.3 Å². The second-order valence-electron chi connectivity index (χ2n) is 6.58. The number of aliphatic hydroxyl groups is 1. The van der Waals surface area contributed by atoms with Crippen LogP contribution in [-0.4, -0.2) is 54.4 Å². The van der Waals surface area contributed by atoms with Crippen LogP contribution in [-0.2, 0) is 0 Å². The minimum atomic E-state index is -0.592. The van der Waals surface area contributed by atoms with E-state index in [0.717, 1.165) is 23.7 Å². The van der Waals surface area contributed by atoms with E-state index in [2.05, 4.69) is 5.10 Å². The first-order valence-electron chi connectivity index (χ1n) is 8.50. The summed E-state index contributed by atoms with van der Waals surface area (Å²) in [7, 11) is 0. The van der Waals surface area contributed by atoms with Crippen LogP contribution in [0.2, 0.25) is 5.02 Å². The lowest BCUT2D eigenvalue weighted by atomic mass is 10.1. The summed E-state index contributed by atoms with van der Waals surface area (Å²) in [6.45, 7) is 2.16. The number of nitro benzene ring substituents is 1. The summed E-state index contributed by atoms with van der Waals surface area (Å²) in [5.74, 6) is -0.851. The van der Waals surface area contributed by atoms with Crippen molar-refractivity contribution in [3.63, 3.8) is 0 Å². The Kier molecular flexibility index (Phi) is 5.33. The van der Waals surface area contributed by atoms with E-state index >= 15 is 0 Å². The minimum absolute atomic E-state index is 0.0452. The summed E-state index contributed by atoms with van der Waals surface area (Å²) in [6, 6.07) is 3.81. The Labute approximate surface area is 159 Å². The van der Waals surface area contributed by atoms with Crippen LogP contribution in [0.4, 0.5) is 5.69 Å². The molecular weight excluding hydrogens is 376 g/mol. The molecule has 10 heteroatoms. The highest BCUT2D eigenvalue weighted by atomic mass is 35.5. The number of likely N-dealkylation sites (tertiary alicyclic amines) is 1. The van der Waals surface area contributed by atoms with Crippen molar-refractivity contribution in [1.29, 1.82) is 0 Å². The number of aromatic hydroxyl groups is 1. The predicted molar refractivity (Wildman–Crippen MR) is 97.2 cm³/mol. The molecule has 0 aliphatic carbocycles. The number of aliphatic hydroxyl groups excluding tert-OH is 1. The van der Waals surface area contributed by atoms with Crippen LogP contribution in [0.15, 0.2) is 24.4 Å². The second kappa shape index (κ2) is 7.53. The molecule has 2 heterocycles.